The smallest absolute Gasteiger partial charge is 0.252 e. The zero-order valence-electron chi connectivity index (χ0n) is 18.9. The molecule has 3 N–H and O–H groups in total. The molecule has 3 heterocycles. The highest BCUT2D eigenvalue weighted by atomic mass is 19.3. The second-order valence-electron chi connectivity index (χ2n) is 9.48. The summed E-state index contributed by atoms with van der Waals surface area (Å²) in [6, 6.07) is 2.18. The molecule has 184 valence electrons. The molecule has 0 bridgehead atoms. The van der Waals surface area contributed by atoms with Crippen LogP contribution in [-0.4, -0.2) is 58.3 Å². The van der Waals surface area contributed by atoms with E-state index in [1.54, 1.807) is 4.68 Å². The van der Waals surface area contributed by atoms with Gasteiger partial charge >= 0.3 is 0 Å². The van der Waals surface area contributed by atoms with E-state index < -0.39 is 17.3 Å². The van der Waals surface area contributed by atoms with Crippen LogP contribution in [-0.2, 0) is 19.3 Å². The third kappa shape index (κ3) is 3.65. The van der Waals surface area contributed by atoms with Crippen molar-refractivity contribution in [3.05, 3.63) is 35.2 Å². The van der Waals surface area contributed by atoms with E-state index in [1.807, 2.05) is 0 Å². The summed E-state index contributed by atoms with van der Waals surface area (Å²) < 4.78 is 48.9. The Kier molecular flexibility index (Phi) is 4.72. The molecule has 4 aromatic rings. The van der Waals surface area contributed by atoms with Crippen LogP contribution in [0.25, 0.3) is 16.6 Å². The molecule has 1 saturated carbocycles. The summed E-state index contributed by atoms with van der Waals surface area (Å²) in [6.07, 6.45) is 1.45. The van der Waals surface area contributed by atoms with Crippen LogP contribution in [0.15, 0.2) is 12.1 Å². The van der Waals surface area contributed by atoms with E-state index in [0.29, 0.717) is 53.8 Å². The van der Waals surface area contributed by atoms with Crippen LogP contribution in [0.1, 0.15) is 48.9 Å². The molecular formula is C22H23F3N8O2. The van der Waals surface area contributed by atoms with Crippen molar-refractivity contribution in [2.75, 3.05) is 12.8 Å². The highest BCUT2D eigenvalue weighted by Crippen LogP contribution is 2.46. The maximum atomic E-state index is 14.1. The molecule has 0 amide bonds. The van der Waals surface area contributed by atoms with Crippen LogP contribution in [0, 0.1) is 5.82 Å². The summed E-state index contributed by atoms with van der Waals surface area (Å²) in [5.74, 6) is -2.39. The molecule has 6 rings (SSSR count). The summed E-state index contributed by atoms with van der Waals surface area (Å²) in [5.41, 5.74) is 7.19. The lowest BCUT2D eigenvalue weighted by Crippen LogP contribution is -2.40. The van der Waals surface area contributed by atoms with Crippen molar-refractivity contribution in [2.24, 2.45) is 0 Å². The van der Waals surface area contributed by atoms with Crippen LogP contribution >= 0.6 is 0 Å². The average molecular weight is 488 g/mol. The van der Waals surface area contributed by atoms with Gasteiger partial charge in [0, 0.05) is 31.7 Å². The lowest BCUT2D eigenvalue weighted by Gasteiger charge is -2.37. The molecule has 0 spiro atoms. The predicted molar refractivity (Wildman–Crippen MR) is 118 cm³/mol. The quantitative estimate of drug-likeness (QED) is 0.438. The number of anilines is 1. The normalized spacial score (nSPS) is 21.9. The first-order chi connectivity index (χ1) is 16.6. The Balaban J connectivity index is 1.23. The van der Waals surface area contributed by atoms with Gasteiger partial charge in [-0.2, -0.15) is 4.52 Å². The van der Waals surface area contributed by atoms with Gasteiger partial charge < -0.3 is 15.6 Å². The molecule has 0 unspecified atom stereocenters. The van der Waals surface area contributed by atoms with Gasteiger partial charge in [-0.05, 0) is 25.3 Å². The summed E-state index contributed by atoms with van der Waals surface area (Å²) in [7, 11) is 1.42. The van der Waals surface area contributed by atoms with Crippen LogP contribution in [0.4, 0.5) is 19.1 Å². The van der Waals surface area contributed by atoms with Crippen molar-refractivity contribution in [3.8, 4) is 5.75 Å². The number of ether oxygens (including phenoxy) is 1. The molecule has 3 aromatic heterocycles. The van der Waals surface area contributed by atoms with E-state index in [4.69, 9.17) is 10.5 Å². The van der Waals surface area contributed by atoms with Gasteiger partial charge in [-0.25, -0.2) is 27.8 Å². The zero-order valence-corrected chi connectivity index (χ0v) is 18.9. The van der Waals surface area contributed by atoms with Gasteiger partial charge in [-0.3, -0.25) is 0 Å². The highest BCUT2D eigenvalue weighted by molar-refractivity contribution is 5.95. The number of halogens is 3. The summed E-state index contributed by atoms with van der Waals surface area (Å²) in [5, 5.41) is 24.3. The van der Waals surface area contributed by atoms with E-state index in [-0.39, 0.29) is 37.0 Å². The zero-order chi connectivity index (χ0) is 24.5. The van der Waals surface area contributed by atoms with Crippen molar-refractivity contribution in [1.29, 1.82) is 0 Å². The second kappa shape index (κ2) is 7.51. The van der Waals surface area contributed by atoms with E-state index in [2.05, 4.69) is 25.4 Å². The minimum atomic E-state index is -2.64. The molecule has 0 saturated heterocycles. The lowest BCUT2D eigenvalue weighted by molar-refractivity contribution is -0.108. The maximum Gasteiger partial charge on any atom is 0.252 e. The highest BCUT2D eigenvalue weighted by Gasteiger charge is 2.48. The Bertz CT molecular complexity index is 1460. The standard InChI is InChI=1S/C22H23F3N8O2/c1-35-16-7-11(23)6-13-18(16)28-20(26)33-19(13)27-17(30-33)3-5-21(34)4-2-15-14(10-21)29-31-32(15)12-8-22(24,25)9-12/h6-7,12,34H,2-5,8-10H2,1H3,(H2,26,28)/t21-/m1/s1. The van der Waals surface area contributed by atoms with E-state index in [1.165, 1.54) is 23.8 Å². The minimum Gasteiger partial charge on any atom is -0.494 e. The predicted octanol–water partition coefficient (Wildman–Crippen LogP) is 2.42. The lowest BCUT2D eigenvalue weighted by atomic mass is 9.81. The van der Waals surface area contributed by atoms with Crippen molar-refractivity contribution >= 4 is 22.5 Å². The molecule has 10 nitrogen and oxygen atoms in total. The van der Waals surface area contributed by atoms with E-state index in [9.17, 15) is 18.3 Å². The molecule has 2 aliphatic rings. The number of hydrogen-bond acceptors (Lipinski definition) is 8. The largest absolute Gasteiger partial charge is 0.494 e. The Morgan fingerprint density at radius 1 is 1.26 bits per heavy atom. The fourth-order valence-electron chi connectivity index (χ4n) is 5.12. The van der Waals surface area contributed by atoms with Crippen molar-refractivity contribution in [2.45, 2.75) is 62.5 Å². The Morgan fingerprint density at radius 2 is 2.06 bits per heavy atom. The number of aryl methyl sites for hydroxylation is 1. The first-order valence-electron chi connectivity index (χ1n) is 11.4. The Hall–Kier alpha value is -3.48. The Morgan fingerprint density at radius 3 is 2.80 bits per heavy atom. The molecular weight excluding hydrogens is 465 g/mol. The number of aromatic nitrogens is 7. The van der Waals surface area contributed by atoms with Gasteiger partial charge in [-0.15, -0.1) is 10.2 Å². The third-order valence-corrected chi connectivity index (χ3v) is 7.02. The van der Waals surface area contributed by atoms with Gasteiger partial charge in [0.25, 0.3) is 5.92 Å². The average Bonchev–Trinajstić information content (AvgIpc) is 3.41. The third-order valence-electron chi connectivity index (χ3n) is 7.02. The van der Waals surface area contributed by atoms with Crippen LogP contribution in [0.2, 0.25) is 0 Å². The van der Waals surface area contributed by atoms with Crippen molar-refractivity contribution in [1.82, 2.24) is 34.6 Å². The van der Waals surface area contributed by atoms with E-state index in [0.717, 1.165) is 5.69 Å². The van der Waals surface area contributed by atoms with Gasteiger partial charge in [0.2, 0.25) is 5.95 Å². The molecule has 0 radical (unpaired) electrons. The van der Waals surface area contributed by atoms with Gasteiger partial charge in [0.1, 0.15) is 17.1 Å². The first kappa shape index (κ1) is 22.0. The molecule has 1 aromatic carbocycles. The minimum absolute atomic E-state index is 0.0790. The monoisotopic (exact) mass is 488 g/mol. The van der Waals surface area contributed by atoms with Gasteiger partial charge in [0.05, 0.1) is 35.5 Å². The number of benzene rings is 1. The van der Waals surface area contributed by atoms with Crippen LogP contribution in [0.5, 0.6) is 5.75 Å². The first-order valence-corrected chi connectivity index (χ1v) is 11.4. The number of alkyl halides is 2. The summed E-state index contributed by atoms with van der Waals surface area (Å²) in [6.45, 7) is 0. The maximum absolute atomic E-state index is 14.1. The fourth-order valence-corrected chi connectivity index (χ4v) is 5.12. The van der Waals surface area contributed by atoms with Gasteiger partial charge in [0.15, 0.2) is 11.5 Å². The molecule has 1 atom stereocenters. The summed E-state index contributed by atoms with van der Waals surface area (Å²) >= 11 is 0. The number of nitrogen functional groups attached to an aromatic ring is 1. The number of rotatable bonds is 5. The molecule has 0 aliphatic heterocycles. The summed E-state index contributed by atoms with van der Waals surface area (Å²) in [4.78, 5) is 8.82. The molecule has 2 aliphatic carbocycles. The number of hydrogen-bond donors (Lipinski definition) is 2. The molecule has 35 heavy (non-hydrogen) atoms. The van der Waals surface area contributed by atoms with Gasteiger partial charge in [-0.1, -0.05) is 5.21 Å². The van der Waals surface area contributed by atoms with Crippen molar-refractivity contribution in [3.63, 3.8) is 0 Å². The second-order valence-corrected chi connectivity index (χ2v) is 9.48. The molecule has 1 fully saturated rings. The van der Waals surface area contributed by atoms with Crippen molar-refractivity contribution < 1.29 is 23.0 Å². The fraction of sp³-hybridized carbons (Fsp3) is 0.500. The topological polar surface area (TPSA) is 129 Å². The Labute approximate surface area is 196 Å². The van der Waals surface area contributed by atoms with Crippen LogP contribution in [0.3, 0.4) is 0 Å². The number of nitrogens with two attached hydrogens (primary N) is 1. The number of methoxy groups -OCH3 is 1. The number of fused-ring (bicyclic) bond motifs is 4. The van der Waals surface area contributed by atoms with E-state index >= 15 is 0 Å². The number of aliphatic hydroxyl groups is 1. The molecule has 13 heteroatoms. The number of nitrogens with zero attached hydrogens (tertiary/aromatic N) is 7. The SMILES string of the molecule is COc1cc(F)cc2c1nc(N)n1nc(CC[C@]3(O)CCc4c(nnn4C4CC(F)(F)C4)C3)nc21. The van der Waals surface area contributed by atoms with Crippen LogP contribution < -0.4 is 10.5 Å².